The Bertz CT molecular complexity index is 152. The first-order valence-corrected chi connectivity index (χ1v) is 5.86. The molecule has 2 heteroatoms. The quantitative estimate of drug-likeness (QED) is 0.669. The summed E-state index contributed by atoms with van der Waals surface area (Å²) in [6.07, 6.45) is 9.74. The molecule has 2 aliphatic rings. The van der Waals surface area contributed by atoms with Crippen LogP contribution in [0.2, 0.25) is 0 Å². The lowest BCUT2D eigenvalue weighted by Gasteiger charge is -2.38. The molecule has 0 aromatic rings. The minimum Gasteiger partial charge on any atom is -0.327 e. The maximum atomic E-state index is 5.99. The summed E-state index contributed by atoms with van der Waals surface area (Å²) in [6, 6.07) is 1.33. The highest BCUT2D eigenvalue weighted by molar-refractivity contribution is 4.82. The number of piperidine rings is 1. The lowest BCUT2D eigenvalue weighted by molar-refractivity contribution is 0.120. The van der Waals surface area contributed by atoms with Gasteiger partial charge in [-0.05, 0) is 32.2 Å². The molecule has 1 aliphatic carbocycles. The van der Waals surface area contributed by atoms with Crippen LogP contribution in [0.1, 0.15) is 44.9 Å². The van der Waals surface area contributed by atoms with Crippen LogP contribution in [0.15, 0.2) is 0 Å². The van der Waals surface area contributed by atoms with Gasteiger partial charge in [0.15, 0.2) is 0 Å². The zero-order chi connectivity index (χ0) is 9.10. The Morgan fingerprint density at radius 1 is 0.923 bits per heavy atom. The summed E-state index contributed by atoms with van der Waals surface area (Å²) in [7, 11) is 0. The van der Waals surface area contributed by atoms with Crippen LogP contribution in [0.3, 0.4) is 0 Å². The fourth-order valence-electron chi connectivity index (χ4n) is 2.82. The Labute approximate surface area is 81.5 Å². The average Bonchev–Trinajstić information content (AvgIpc) is 2.19. The van der Waals surface area contributed by atoms with E-state index in [9.17, 15) is 0 Å². The minimum atomic E-state index is 0.454. The van der Waals surface area contributed by atoms with Crippen molar-refractivity contribution in [1.82, 2.24) is 4.90 Å². The van der Waals surface area contributed by atoms with E-state index in [-0.39, 0.29) is 0 Å². The Balaban J connectivity index is 1.83. The van der Waals surface area contributed by atoms with Crippen molar-refractivity contribution in [2.45, 2.75) is 57.0 Å². The van der Waals surface area contributed by atoms with E-state index in [2.05, 4.69) is 4.90 Å². The van der Waals surface area contributed by atoms with Crippen molar-refractivity contribution in [3.63, 3.8) is 0 Å². The lowest BCUT2D eigenvalue weighted by Crippen LogP contribution is -2.48. The van der Waals surface area contributed by atoms with E-state index in [1.807, 2.05) is 0 Å². The van der Waals surface area contributed by atoms with E-state index < -0.39 is 0 Å². The molecule has 0 amide bonds. The molecule has 1 aliphatic heterocycles. The van der Waals surface area contributed by atoms with E-state index in [4.69, 9.17) is 5.73 Å². The van der Waals surface area contributed by atoms with E-state index in [0.717, 1.165) is 12.6 Å². The largest absolute Gasteiger partial charge is 0.327 e. The van der Waals surface area contributed by atoms with Crippen molar-refractivity contribution < 1.29 is 0 Å². The highest BCUT2D eigenvalue weighted by Gasteiger charge is 2.24. The van der Waals surface area contributed by atoms with Gasteiger partial charge in [0, 0.05) is 18.6 Å². The summed E-state index contributed by atoms with van der Waals surface area (Å²) in [5, 5.41) is 0. The Morgan fingerprint density at radius 2 is 1.69 bits per heavy atom. The Kier molecular flexibility index (Phi) is 3.23. The van der Waals surface area contributed by atoms with Gasteiger partial charge in [-0.2, -0.15) is 0 Å². The summed E-state index contributed by atoms with van der Waals surface area (Å²) in [5.41, 5.74) is 5.99. The normalized spacial score (nSPS) is 33.5. The summed E-state index contributed by atoms with van der Waals surface area (Å²) >= 11 is 0. The van der Waals surface area contributed by atoms with Crippen LogP contribution in [-0.2, 0) is 0 Å². The predicted molar refractivity (Wildman–Crippen MR) is 55.7 cm³/mol. The summed E-state index contributed by atoms with van der Waals surface area (Å²) in [4.78, 5) is 2.65. The van der Waals surface area contributed by atoms with Crippen LogP contribution in [0, 0.1) is 0 Å². The van der Waals surface area contributed by atoms with Gasteiger partial charge >= 0.3 is 0 Å². The molecule has 2 nitrogen and oxygen atoms in total. The van der Waals surface area contributed by atoms with Gasteiger partial charge < -0.3 is 5.73 Å². The van der Waals surface area contributed by atoms with E-state index >= 15 is 0 Å². The van der Waals surface area contributed by atoms with Gasteiger partial charge in [-0.25, -0.2) is 0 Å². The molecule has 1 saturated carbocycles. The molecular formula is C11H22N2. The highest BCUT2D eigenvalue weighted by Crippen LogP contribution is 2.24. The number of rotatable bonds is 1. The summed E-state index contributed by atoms with van der Waals surface area (Å²) in [6.45, 7) is 2.46. The van der Waals surface area contributed by atoms with Crippen molar-refractivity contribution in [3.8, 4) is 0 Å². The average molecular weight is 182 g/mol. The maximum Gasteiger partial charge on any atom is 0.0168 e. The Morgan fingerprint density at radius 3 is 2.38 bits per heavy atom. The molecule has 1 saturated heterocycles. The molecule has 2 rings (SSSR count). The van der Waals surface area contributed by atoms with Gasteiger partial charge in [0.25, 0.3) is 0 Å². The zero-order valence-corrected chi connectivity index (χ0v) is 8.54. The van der Waals surface area contributed by atoms with Gasteiger partial charge in [-0.3, -0.25) is 4.90 Å². The fraction of sp³-hybridized carbons (Fsp3) is 1.00. The van der Waals surface area contributed by atoms with Gasteiger partial charge in [0.1, 0.15) is 0 Å². The molecule has 2 N–H and O–H groups in total. The monoisotopic (exact) mass is 182 g/mol. The van der Waals surface area contributed by atoms with Crippen molar-refractivity contribution in [1.29, 1.82) is 0 Å². The van der Waals surface area contributed by atoms with Crippen molar-refractivity contribution in [3.05, 3.63) is 0 Å². The number of nitrogens with two attached hydrogens (primary N) is 1. The molecular weight excluding hydrogens is 160 g/mol. The molecule has 1 unspecified atom stereocenters. The molecule has 1 heterocycles. The van der Waals surface area contributed by atoms with Gasteiger partial charge in [-0.1, -0.05) is 19.3 Å². The maximum absolute atomic E-state index is 5.99. The zero-order valence-electron chi connectivity index (χ0n) is 8.54. The van der Waals surface area contributed by atoms with Crippen molar-refractivity contribution in [2.75, 3.05) is 13.1 Å². The van der Waals surface area contributed by atoms with E-state index in [1.54, 1.807) is 0 Å². The van der Waals surface area contributed by atoms with Crippen LogP contribution >= 0.6 is 0 Å². The van der Waals surface area contributed by atoms with Crippen LogP contribution in [0.25, 0.3) is 0 Å². The van der Waals surface area contributed by atoms with Crippen LogP contribution in [0.4, 0.5) is 0 Å². The van der Waals surface area contributed by atoms with Crippen molar-refractivity contribution in [2.24, 2.45) is 5.73 Å². The summed E-state index contributed by atoms with van der Waals surface area (Å²) in [5.74, 6) is 0. The van der Waals surface area contributed by atoms with Gasteiger partial charge in [0.05, 0.1) is 0 Å². The number of hydrogen-bond acceptors (Lipinski definition) is 2. The molecule has 0 bridgehead atoms. The first-order valence-electron chi connectivity index (χ1n) is 5.86. The molecule has 2 fully saturated rings. The molecule has 13 heavy (non-hydrogen) atoms. The summed E-state index contributed by atoms with van der Waals surface area (Å²) < 4.78 is 0. The SMILES string of the molecule is NC1CCCN(C2CCCCC2)C1. The third kappa shape index (κ3) is 2.44. The van der Waals surface area contributed by atoms with Crippen LogP contribution in [-0.4, -0.2) is 30.1 Å². The second-order valence-electron chi connectivity index (χ2n) is 4.69. The number of nitrogens with zero attached hydrogens (tertiary/aromatic N) is 1. The van der Waals surface area contributed by atoms with Crippen LogP contribution in [0.5, 0.6) is 0 Å². The van der Waals surface area contributed by atoms with Gasteiger partial charge in [0.2, 0.25) is 0 Å². The molecule has 1 atom stereocenters. The first kappa shape index (κ1) is 9.47. The van der Waals surface area contributed by atoms with E-state index in [0.29, 0.717) is 6.04 Å². The fourth-order valence-corrected chi connectivity index (χ4v) is 2.82. The molecule has 0 radical (unpaired) electrons. The highest BCUT2D eigenvalue weighted by atomic mass is 15.2. The van der Waals surface area contributed by atoms with E-state index in [1.165, 1.54) is 51.5 Å². The first-order chi connectivity index (χ1) is 6.36. The lowest BCUT2D eigenvalue weighted by atomic mass is 9.92. The third-order valence-electron chi connectivity index (χ3n) is 3.58. The standard InChI is InChI=1S/C11H22N2/c12-10-5-4-8-13(9-10)11-6-2-1-3-7-11/h10-11H,1-9,12H2. The Hall–Kier alpha value is -0.0800. The molecule has 0 aromatic heterocycles. The minimum absolute atomic E-state index is 0.454. The smallest absolute Gasteiger partial charge is 0.0168 e. The number of hydrogen-bond donors (Lipinski definition) is 1. The molecule has 0 spiro atoms. The van der Waals surface area contributed by atoms with Crippen molar-refractivity contribution >= 4 is 0 Å². The van der Waals surface area contributed by atoms with Crippen LogP contribution < -0.4 is 5.73 Å². The number of likely N-dealkylation sites (tertiary alicyclic amines) is 1. The second kappa shape index (κ2) is 4.43. The second-order valence-corrected chi connectivity index (χ2v) is 4.69. The molecule has 0 aromatic carbocycles. The van der Waals surface area contributed by atoms with Gasteiger partial charge in [-0.15, -0.1) is 0 Å². The topological polar surface area (TPSA) is 29.3 Å². The molecule has 76 valence electrons. The third-order valence-corrected chi connectivity index (χ3v) is 3.58. The predicted octanol–water partition coefficient (Wildman–Crippen LogP) is 1.74.